The Labute approximate surface area is 135 Å². The molecule has 0 saturated heterocycles. The number of amides is 1. The Kier molecular flexibility index (Phi) is 3.99. The van der Waals surface area contributed by atoms with Crippen LogP contribution in [0.25, 0.3) is 10.1 Å². The molecule has 112 valence electrons. The molecular weight excluding hydrogens is 290 g/mol. The van der Waals surface area contributed by atoms with Gasteiger partial charge in [-0.25, -0.2) is 0 Å². The molecule has 0 atom stereocenters. The number of fused-ring (bicyclic) bond motifs is 1. The Hall–Kier alpha value is -2.13. The third-order valence-corrected chi connectivity index (χ3v) is 4.88. The van der Waals surface area contributed by atoms with Crippen molar-refractivity contribution in [1.82, 2.24) is 0 Å². The second kappa shape index (κ2) is 5.93. The van der Waals surface area contributed by atoms with E-state index in [0.29, 0.717) is 6.54 Å². The first-order valence-corrected chi connectivity index (χ1v) is 8.35. The standard InChI is InChI=1S/C19H19NOS/c1-4-20(17-10-9-13(2)11-14(17)3)19(21)16-12-22-18-8-6-5-7-15(16)18/h5-12H,4H2,1-3H3. The molecule has 0 fully saturated rings. The van der Waals surface area contributed by atoms with Crippen LogP contribution in [-0.2, 0) is 0 Å². The fourth-order valence-electron chi connectivity index (χ4n) is 2.82. The molecule has 0 aliphatic carbocycles. The molecule has 3 heteroatoms. The maximum atomic E-state index is 13.0. The topological polar surface area (TPSA) is 20.3 Å². The Balaban J connectivity index is 2.05. The minimum Gasteiger partial charge on any atom is -0.308 e. The number of carbonyl (C=O) groups is 1. The van der Waals surface area contributed by atoms with E-state index in [9.17, 15) is 4.79 Å². The summed E-state index contributed by atoms with van der Waals surface area (Å²) in [4.78, 5) is 14.9. The van der Waals surface area contributed by atoms with Crippen molar-refractivity contribution in [1.29, 1.82) is 0 Å². The van der Waals surface area contributed by atoms with Crippen LogP contribution in [0.4, 0.5) is 5.69 Å². The first-order valence-electron chi connectivity index (χ1n) is 7.47. The molecule has 0 saturated carbocycles. The molecule has 1 heterocycles. The van der Waals surface area contributed by atoms with Gasteiger partial charge in [-0.05, 0) is 38.5 Å². The summed E-state index contributed by atoms with van der Waals surface area (Å²) in [5.74, 6) is 0.0758. The quantitative estimate of drug-likeness (QED) is 0.652. The molecule has 0 spiro atoms. The van der Waals surface area contributed by atoms with E-state index in [1.807, 2.05) is 41.5 Å². The highest BCUT2D eigenvalue weighted by atomic mass is 32.1. The Bertz CT molecular complexity index is 834. The molecule has 1 aromatic heterocycles. The molecule has 0 unspecified atom stereocenters. The number of thiophene rings is 1. The summed E-state index contributed by atoms with van der Waals surface area (Å²) in [5, 5.41) is 3.01. The fourth-order valence-corrected chi connectivity index (χ4v) is 3.76. The van der Waals surface area contributed by atoms with Gasteiger partial charge in [-0.2, -0.15) is 0 Å². The summed E-state index contributed by atoms with van der Waals surface area (Å²) in [5.41, 5.74) is 4.14. The minimum atomic E-state index is 0.0758. The highest BCUT2D eigenvalue weighted by Gasteiger charge is 2.20. The predicted molar refractivity (Wildman–Crippen MR) is 95.1 cm³/mol. The Morgan fingerprint density at radius 3 is 2.64 bits per heavy atom. The molecule has 3 rings (SSSR count). The first-order chi connectivity index (χ1) is 10.6. The van der Waals surface area contributed by atoms with Gasteiger partial charge in [0.05, 0.1) is 5.56 Å². The van der Waals surface area contributed by atoms with Crippen LogP contribution in [0.15, 0.2) is 47.8 Å². The van der Waals surface area contributed by atoms with Crippen molar-refractivity contribution in [2.24, 2.45) is 0 Å². The van der Waals surface area contributed by atoms with Gasteiger partial charge in [0.1, 0.15) is 0 Å². The van der Waals surface area contributed by atoms with Gasteiger partial charge in [0.25, 0.3) is 5.91 Å². The molecule has 0 bridgehead atoms. The van der Waals surface area contributed by atoms with Crippen molar-refractivity contribution < 1.29 is 4.79 Å². The van der Waals surface area contributed by atoms with E-state index in [2.05, 4.69) is 32.0 Å². The first kappa shape index (κ1) is 14.8. The molecular formula is C19H19NOS. The van der Waals surface area contributed by atoms with Gasteiger partial charge >= 0.3 is 0 Å². The zero-order chi connectivity index (χ0) is 15.7. The van der Waals surface area contributed by atoms with Crippen molar-refractivity contribution in [3.8, 4) is 0 Å². The van der Waals surface area contributed by atoms with Crippen molar-refractivity contribution in [2.75, 3.05) is 11.4 Å². The smallest absolute Gasteiger partial charge is 0.259 e. The molecule has 0 aliphatic heterocycles. The third-order valence-electron chi connectivity index (χ3n) is 3.92. The molecule has 1 amide bonds. The lowest BCUT2D eigenvalue weighted by atomic mass is 10.1. The van der Waals surface area contributed by atoms with Crippen LogP contribution in [0.5, 0.6) is 0 Å². The van der Waals surface area contributed by atoms with Crippen molar-refractivity contribution in [2.45, 2.75) is 20.8 Å². The van der Waals surface area contributed by atoms with Crippen LogP contribution in [0, 0.1) is 13.8 Å². The van der Waals surface area contributed by atoms with E-state index in [-0.39, 0.29) is 5.91 Å². The van der Waals surface area contributed by atoms with Crippen molar-refractivity contribution in [3.63, 3.8) is 0 Å². The van der Waals surface area contributed by atoms with Crippen molar-refractivity contribution in [3.05, 3.63) is 64.5 Å². The molecule has 22 heavy (non-hydrogen) atoms. The number of benzene rings is 2. The molecule has 0 N–H and O–H groups in total. The molecule has 2 nitrogen and oxygen atoms in total. The van der Waals surface area contributed by atoms with Crippen LogP contribution in [0.2, 0.25) is 0 Å². The van der Waals surface area contributed by atoms with Crippen molar-refractivity contribution >= 4 is 33.0 Å². The highest BCUT2D eigenvalue weighted by Crippen LogP contribution is 2.29. The average Bonchev–Trinajstić information content (AvgIpc) is 2.94. The maximum Gasteiger partial charge on any atom is 0.259 e. The van der Waals surface area contributed by atoms with Gasteiger partial charge in [-0.1, -0.05) is 35.9 Å². The van der Waals surface area contributed by atoms with E-state index >= 15 is 0 Å². The second-order valence-electron chi connectivity index (χ2n) is 5.48. The number of anilines is 1. The summed E-state index contributed by atoms with van der Waals surface area (Å²) in [7, 11) is 0. The second-order valence-corrected chi connectivity index (χ2v) is 6.40. The Morgan fingerprint density at radius 2 is 1.91 bits per heavy atom. The van der Waals surface area contributed by atoms with E-state index in [1.165, 1.54) is 5.56 Å². The number of aryl methyl sites for hydroxylation is 2. The number of nitrogens with zero attached hydrogens (tertiary/aromatic N) is 1. The normalized spacial score (nSPS) is 10.9. The third kappa shape index (κ3) is 2.53. The number of hydrogen-bond acceptors (Lipinski definition) is 2. The number of carbonyl (C=O) groups excluding carboxylic acids is 1. The summed E-state index contributed by atoms with van der Waals surface area (Å²) in [6.07, 6.45) is 0. The number of rotatable bonds is 3. The van der Waals surface area contributed by atoms with Gasteiger partial charge in [0, 0.05) is 27.7 Å². The average molecular weight is 309 g/mol. The van der Waals surface area contributed by atoms with Crippen LogP contribution >= 0.6 is 11.3 Å². The highest BCUT2D eigenvalue weighted by molar-refractivity contribution is 7.17. The summed E-state index contributed by atoms with van der Waals surface area (Å²) in [6.45, 7) is 6.81. The van der Waals surface area contributed by atoms with E-state index in [1.54, 1.807) is 11.3 Å². The van der Waals surface area contributed by atoms with E-state index in [0.717, 1.165) is 26.9 Å². The van der Waals surface area contributed by atoms with Crippen LogP contribution in [0.1, 0.15) is 28.4 Å². The molecule has 0 radical (unpaired) electrons. The van der Waals surface area contributed by atoms with Gasteiger partial charge < -0.3 is 4.90 Å². The van der Waals surface area contributed by atoms with Crippen LogP contribution in [-0.4, -0.2) is 12.5 Å². The predicted octanol–water partition coefficient (Wildman–Crippen LogP) is 5.18. The summed E-state index contributed by atoms with van der Waals surface area (Å²) in [6, 6.07) is 14.3. The summed E-state index contributed by atoms with van der Waals surface area (Å²) < 4.78 is 1.16. The van der Waals surface area contributed by atoms with Crippen LogP contribution in [0.3, 0.4) is 0 Å². The SMILES string of the molecule is CCN(C(=O)c1csc2ccccc12)c1ccc(C)cc1C. The zero-order valence-corrected chi connectivity index (χ0v) is 13.9. The van der Waals surface area contributed by atoms with Crippen LogP contribution < -0.4 is 4.90 Å². The van der Waals surface area contributed by atoms with Gasteiger partial charge in [0.2, 0.25) is 0 Å². The lowest BCUT2D eigenvalue weighted by Gasteiger charge is -2.23. The minimum absolute atomic E-state index is 0.0758. The van der Waals surface area contributed by atoms with Gasteiger partial charge in [-0.3, -0.25) is 4.79 Å². The molecule has 2 aromatic carbocycles. The largest absolute Gasteiger partial charge is 0.308 e. The van der Waals surface area contributed by atoms with Gasteiger partial charge in [-0.15, -0.1) is 11.3 Å². The Morgan fingerprint density at radius 1 is 1.14 bits per heavy atom. The summed E-state index contributed by atoms with van der Waals surface area (Å²) >= 11 is 1.62. The fraction of sp³-hybridized carbons (Fsp3) is 0.211. The lowest BCUT2D eigenvalue weighted by Crippen LogP contribution is -2.31. The maximum absolute atomic E-state index is 13.0. The van der Waals surface area contributed by atoms with E-state index < -0.39 is 0 Å². The monoisotopic (exact) mass is 309 g/mol. The molecule has 0 aliphatic rings. The molecule has 3 aromatic rings. The van der Waals surface area contributed by atoms with E-state index in [4.69, 9.17) is 0 Å². The zero-order valence-electron chi connectivity index (χ0n) is 13.1. The lowest BCUT2D eigenvalue weighted by molar-refractivity contribution is 0.0990. The number of hydrogen-bond donors (Lipinski definition) is 0. The van der Waals surface area contributed by atoms with Gasteiger partial charge in [0.15, 0.2) is 0 Å².